The van der Waals surface area contributed by atoms with Crippen LogP contribution in [0.1, 0.15) is 206 Å². The topological polar surface area (TPSA) is 307 Å². The van der Waals surface area contributed by atoms with E-state index in [1.54, 1.807) is 6.08 Å². The van der Waals surface area contributed by atoms with Gasteiger partial charge >= 0.3 is 0 Å². The lowest BCUT2D eigenvalue weighted by Gasteiger charge is -2.48. The molecule has 0 spiro atoms. The highest BCUT2D eigenvalue weighted by atomic mass is 16.8. The van der Waals surface area contributed by atoms with E-state index in [1.807, 2.05) is 6.08 Å². The molecule has 3 heterocycles. The molecule has 3 saturated heterocycles. The van der Waals surface area contributed by atoms with Crippen LogP contribution in [0.4, 0.5) is 0 Å². The molecule has 0 aromatic carbocycles. The van der Waals surface area contributed by atoms with Crippen molar-refractivity contribution in [2.75, 3.05) is 26.4 Å². The van der Waals surface area contributed by atoms with Crippen LogP contribution >= 0.6 is 0 Å². The minimum atomic E-state index is -1.99. The Morgan fingerprint density at radius 2 is 0.693 bits per heavy atom. The van der Waals surface area contributed by atoms with Crippen molar-refractivity contribution in [2.45, 2.75) is 311 Å². The molecule has 0 radical (unpaired) electrons. The van der Waals surface area contributed by atoms with Crippen LogP contribution in [0.2, 0.25) is 0 Å². The predicted octanol–water partition coefficient (Wildman–Crippen LogP) is 11.8. The average molecular weight is 1420 g/mol. The van der Waals surface area contributed by atoms with Gasteiger partial charge in [0.1, 0.15) is 73.2 Å². The summed E-state index contributed by atoms with van der Waals surface area (Å²) in [6.07, 6.45) is 63.4. The zero-order chi connectivity index (χ0) is 73.2. The van der Waals surface area contributed by atoms with Gasteiger partial charge in [-0.05, 0) is 128 Å². The molecule has 572 valence electrons. The molecule has 12 N–H and O–H groups in total. The molecule has 0 bridgehead atoms. The Kier molecular flexibility index (Phi) is 54.1. The van der Waals surface area contributed by atoms with E-state index < -0.39 is 124 Å². The maximum atomic E-state index is 13.4. The fourth-order valence-corrected chi connectivity index (χ4v) is 11.4. The summed E-state index contributed by atoms with van der Waals surface area (Å²) in [6, 6.07) is -1.02. The van der Waals surface area contributed by atoms with Gasteiger partial charge in [0.15, 0.2) is 18.9 Å². The molecule has 101 heavy (non-hydrogen) atoms. The van der Waals surface area contributed by atoms with E-state index in [1.165, 1.54) is 32.1 Å². The molecular weight excluding hydrogens is 1290 g/mol. The standard InChI is InChI=1S/C82H131NO18/c1-3-5-7-9-11-13-15-17-19-20-21-22-23-24-25-26-27-28-29-30-31-32-33-34-35-36-37-38-39-40-41-42-43-44-46-48-50-52-54-56-58-60-70(88)83-65(66(87)59-57-55-53-51-49-47-45-18-16-14-12-10-8-6-4-2)64-96-80-76(94)73(91)78(68(62-85)98-80)101-82-77(95)74(92)79(69(63-86)99-82)100-81-75(93)72(90)71(89)67(61-84)97-81/h5,7,11,13,16-19,21-22,24-25,27-28,30-31,33-34,36-37,39-40,42-43,49,51,57,59,65-69,71-82,84-87,89-95H,3-4,6,8-10,12,14-15,20,23,26,29,32,35,38,41,44-48,50,52-56,58,60-64H2,1-2H3,(H,83,88)/b7-5-,13-11-,18-16+,19-17-,22-21-,25-24-,28-27-,31-30-,34-33-,37-36-,40-39-,43-42-,51-49+,59-57+. The fourth-order valence-electron chi connectivity index (χ4n) is 11.4. The molecule has 3 aliphatic rings. The SMILES string of the molecule is CC/C=C\C/C=C\C/C=C\C/C=C\C/C=C\C/C=C\C/C=C\C/C=C\C/C=C\C/C=C\C/C=C\CCCCCCCCCC(=O)NC(COC1OC(CO)C(OC2OC(CO)C(OC3OC(CO)C(O)C(O)C3O)C(O)C2O)C(O)C1O)C(O)/C=C/CC/C=C/CC/C=C/CCCCCCC. The molecule has 19 heteroatoms. The second-order valence-corrected chi connectivity index (χ2v) is 26.0. The average Bonchev–Trinajstić information content (AvgIpc) is 0.782. The van der Waals surface area contributed by atoms with Gasteiger partial charge in [-0.2, -0.15) is 0 Å². The Labute approximate surface area is 605 Å². The zero-order valence-corrected chi connectivity index (χ0v) is 60.8. The third-order valence-corrected chi connectivity index (χ3v) is 17.5. The second-order valence-electron chi connectivity index (χ2n) is 26.0. The molecule has 19 nitrogen and oxygen atoms in total. The fraction of sp³-hybridized carbons (Fsp3) is 0.646. The van der Waals surface area contributed by atoms with E-state index in [2.05, 4.69) is 177 Å². The van der Waals surface area contributed by atoms with Crippen molar-refractivity contribution in [2.24, 2.45) is 0 Å². The Bertz CT molecular complexity index is 2490. The van der Waals surface area contributed by atoms with Crippen molar-refractivity contribution in [1.29, 1.82) is 0 Å². The summed E-state index contributed by atoms with van der Waals surface area (Å²) < 4.78 is 34.3. The van der Waals surface area contributed by atoms with Gasteiger partial charge in [-0.1, -0.05) is 242 Å². The van der Waals surface area contributed by atoms with E-state index in [0.29, 0.717) is 12.8 Å². The van der Waals surface area contributed by atoms with Gasteiger partial charge in [0.2, 0.25) is 5.91 Å². The maximum absolute atomic E-state index is 13.4. The third kappa shape index (κ3) is 40.9. The summed E-state index contributed by atoms with van der Waals surface area (Å²) in [6.45, 7) is 1.53. The number of allylic oxidation sites excluding steroid dienone is 27. The minimum Gasteiger partial charge on any atom is -0.394 e. The van der Waals surface area contributed by atoms with Crippen molar-refractivity contribution in [3.05, 3.63) is 170 Å². The summed E-state index contributed by atoms with van der Waals surface area (Å²) in [5.41, 5.74) is 0. The zero-order valence-electron chi connectivity index (χ0n) is 60.8. The van der Waals surface area contributed by atoms with Crippen LogP contribution in [-0.2, 0) is 33.2 Å². The van der Waals surface area contributed by atoms with Crippen LogP contribution in [0.5, 0.6) is 0 Å². The highest BCUT2D eigenvalue weighted by molar-refractivity contribution is 5.76. The highest BCUT2D eigenvalue weighted by Gasteiger charge is 2.53. The van der Waals surface area contributed by atoms with Gasteiger partial charge in [-0.25, -0.2) is 0 Å². The molecule has 3 aliphatic heterocycles. The van der Waals surface area contributed by atoms with Gasteiger partial charge < -0.3 is 89.9 Å². The summed E-state index contributed by atoms with van der Waals surface area (Å²) >= 11 is 0. The van der Waals surface area contributed by atoms with Crippen LogP contribution in [-0.4, -0.2) is 193 Å². The van der Waals surface area contributed by atoms with Gasteiger partial charge in [-0.15, -0.1) is 0 Å². The first-order valence-electron chi connectivity index (χ1n) is 37.9. The molecule has 0 saturated carbocycles. The monoisotopic (exact) mass is 1420 g/mol. The Hall–Kier alpha value is -4.85. The number of amides is 1. The Morgan fingerprint density at radius 3 is 1.11 bits per heavy atom. The lowest BCUT2D eigenvalue weighted by Crippen LogP contribution is -2.66. The van der Waals surface area contributed by atoms with Crippen molar-refractivity contribution in [3.63, 3.8) is 0 Å². The van der Waals surface area contributed by atoms with E-state index in [0.717, 1.165) is 141 Å². The van der Waals surface area contributed by atoms with Crippen LogP contribution in [0.15, 0.2) is 170 Å². The maximum Gasteiger partial charge on any atom is 0.220 e. The minimum absolute atomic E-state index is 0.207. The molecule has 0 aliphatic carbocycles. The molecule has 3 fully saturated rings. The summed E-state index contributed by atoms with van der Waals surface area (Å²) in [7, 11) is 0. The third-order valence-electron chi connectivity index (χ3n) is 17.5. The first-order valence-corrected chi connectivity index (χ1v) is 37.9. The van der Waals surface area contributed by atoms with E-state index in [9.17, 15) is 61.0 Å². The molecule has 0 aromatic heterocycles. The number of carbonyl (C=O) groups excluding carboxylic acids is 1. The normalized spacial score (nSPS) is 27.3. The molecule has 0 aromatic rings. The molecule has 17 atom stereocenters. The van der Waals surface area contributed by atoms with Crippen LogP contribution in [0.25, 0.3) is 0 Å². The number of rotatable bonds is 56. The quantitative estimate of drug-likeness (QED) is 0.0199. The van der Waals surface area contributed by atoms with E-state index in [-0.39, 0.29) is 18.9 Å². The largest absolute Gasteiger partial charge is 0.394 e. The van der Waals surface area contributed by atoms with Crippen molar-refractivity contribution in [1.82, 2.24) is 5.32 Å². The summed E-state index contributed by atoms with van der Waals surface area (Å²) in [4.78, 5) is 13.4. The molecule has 3 rings (SSSR count). The van der Waals surface area contributed by atoms with Crippen molar-refractivity contribution < 1.29 is 89.4 Å². The van der Waals surface area contributed by atoms with Gasteiger partial charge in [0, 0.05) is 6.42 Å². The van der Waals surface area contributed by atoms with Crippen molar-refractivity contribution >= 4 is 5.91 Å². The number of aliphatic hydroxyl groups is 11. The lowest BCUT2D eigenvalue weighted by molar-refractivity contribution is -0.379. The highest BCUT2D eigenvalue weighted by Crippen LogP contribution is 2.33. The molecule has 17 unspecified atom stereocenters. The lowest BCUT2D eigenvalue weighted by atomic mass is 9.96. The Morgan fingerprint density at radius 1 is 0.366 bits per heavy atom. The molecule has 1 amide bonds. The van der Waals surface area contributed by atoms with Crippen LogP contribution < -0.4 is 5.32 Å². The number of hydrogen-bond acceptors (Lipinski definition) is 18. The number of ether oxygens (including phenoxy) is 6. The summed E-state index contributed by atoms with van der Waals surface area (Å²) in [5, 5.41) is 121. The smallest absolute Gasteiger partial charge is 0.220 e. The number of hydrogen-bond donors (Lipinski definition) is 12. The van der Waals surface area contributed by atoms with Gasteiger partial charge in [-0.3, -0.25) is 4.79 Å². The predicted molar refractivity (Wildman–Crippen MR) is 401 cm³/mol. The van der Waals surface area contributed by atoms with E-state index in [4.69, 9.17) is 28.4 Å². The first kappa shape index (κ1) is 90.4. The second kappa shape index (κ2) is 60.4. The number of nitrogens with one attached hydrogen (secondary N) is 1. The van der Waals surface area contributed by atoms with Crippen LogP contribution in [0.3, 0.4) is 0 Å². The van der Waals surface area contributed by atoms with Crippen molar-refractivity contribution in [3.8, 4) is 0 Å². The Balaban J connectivity index is 1.35. The number of unbranched alkanes of at least 4 members (excludes halogenated alkanes) is 14. The van der Waals surface area contributed by atoms with Gasteiger partial charge in [0.05, 0.1) is 38.6 Å². The number of carbonyl (C=O) groups is 1. The first-order chi connectivity index (χ1) is 49.3. The van der Waals surface area contributed by atoms with E-state index >= 15 is 0 Å². The summed E-state index contributed by atoms with van der Waals surface area (Å²) in [5.74, 6) is -0.309. The van der Waals surface area contributed by atoms with Gasteiger partial charge in [0.25, 0.3) is 0 Å². The van der Waals surface area contributed by atoms with Crippen LogP contribution in [0, 0.1) is 0 Å². The molecular formula is C82H131NO18. The number of aliphatic hydroxyl groups excluding tert-OH is 11.